The summed E-state index contributed by atoms with van der Waals surface area (Å²) in [6, 6.07) is 0. The van der Waals surface area contributed by atoms with Crippen molar-refractivity contribution in [1.82, 2.24) is 0 Å². The van der Waals surface area contributed by atoms with Gasteiger partial charge in [0.1, 0.15) is 5.71 Å². The Morgan fingerprint density at radius 3 is 2.17 bits per heavy atom. The SMILES string of the molecule is CCCCCCCCC(CCC)C(=O)C(C)=NO. The molecule has 0 aliphatic heterocycles. The van der Waals surface area contributed by atoms with Crippen molar-refractivity contribution in [3.05, 3.63) is 0 Å². The number of carbonyl (C=O) groups is 1. The molecule has 1 N–H and O–H groups in total. The molecule has 0 aromatic rings. The van der Waals surface area contributed by atoms with E-state index in [0.29, 0.717) is 0 Å². The fourth-order valence-electron chi connectivity index (χ4n) is 2.27. The van der Waals surface area contributed by atoms with Gasteiger partial charge < -0.3 is 5.21 Å². The van der Waals surface area contributed by atoms with E-state index in [4.69, 9.17) is 5.21 Å². The third-order valence-electron chi connectivity index (χ3n) is 3.42. The Morgan fingerprint density at radius 1 is 1.00 bits per heavy atom. The van der Waals surface area contributed by atoms with Crippen LogP contribution in [0.3, 0.4) is 0 Å². The zero-order valence-corrected chi connectivity index (χ0v) is 12.2. The molecule has 0 saturated carbocycles. The number of Topliss-reactive ketones (excluding diaryl/α,β-unsaturated/α-hetero) is 1. The largest absolute Gasteiger partial charge is 0.411 e. The Labute approximate surface area is 112 Å². The third kappa shape index (κ3) is 7.46. The highest BCUT2D eigenvalue weighted by Crippen LogP contribution is 2.18. The molecule has 1 unspecified atom stereocenters. The molecule has 0 spiro atoms. The molecular weight excluding hydrogens is 226 g/mol. The van der Waals surface area contributed by atoms with Crippen molar-refractivity contribution in [1.29, 1.82) is 0 Å². The minimum Gasteiger partial charge on any atom is -0.411 e. The van der Waals surface area contributed by atoms with E-state index < -0.39 is 0 Å². The number of oxime groups is 1. The van der Waals surface area contributed by atoms with E-state index in [9.17, 15) is 4.79 Å². The van der Waals surface area contributed by atoms with Gasteiger partial charge in [-0.2, -0.15) is 0 Å². The van der Waals surface area contributed by atoms with Gasteiger partial charge in [-0.25, -0.2) is 0 Å². The van der Waals surface area contributed by atoms with Gasteiger partial charge in [0.25, 0.3) is 0 Å². The Kier molecular flexibility index (Phi) is 10.7. The normalized spacial score (nSPS) is 13.6. The lowest BCUT2D eigenvalue weighted by Gasteiger charge is -2.14. The Bertz CT molecular complexity index is 249. The first kappa shape index (κ1) is 17.1. The van der Waals surface area contributed by atoms with Crippen LogP contribution in [0.25, 0.3) is 0 Å². The first-order valence-corrected chi connectivity index (χ1v) is 7.40. The second-order valence-corrected chi connectivity index (χ2v) is 5.09. The first-order chi connectivity index (χ1) is 8.67. The van der Waals surface area contributed by atoms with Gasteiger partial charge in [0.15, 0.2) is 5.78 Å². The van der Waals surface area contributed by atoms with E-state index in [1.54, 1.807) is 6.92 Å². The highest BCUT2D eigenvalue weighted by Gasteiger charge is 2.19. The topological polar surface area (TPSA) is 49.7 Å². The minimum absolute atomic E-state index is 0.0212. The molecule has 0 heterocycles. The number of hydrogen-bond donors (Lipinski definition) is 1. The van der Waals surface area contributed by atoms with E-state index in [0.717, 1.165) is 25.7 Å². The molecule has 0 bridgehead atoms. The van der Waals surface area contributed by atoms with Gasteiger partial charge >= 0.3 is 0 Å². The van der Waals surface area contributed by atoms with E-state index >= 15 is 0 Å². The van der Waals surface area contributed by atoms with Gasteiger partial charge in [0, 0.05) is 5.92 Å². The molecule has 106 valence electrons. The second-order valence-electron chi connectivity index (χ2n) is 5.09. The quantitative estimate of drug-likeness (QED) is 0.254. The average molecular weight is 255 g/mol. The van der Waals surface area contributed by atoms with Crippen molar-refractivity contribution in [3.8, 4) is 0 Å². The first-order valence-electron chi connectivity index (χ1n) is 7.40. The molecule has 0 radical (unpaired) electrons. The lowest BCUT2D eigenvalue weighted by Crippen LogP contribution is -2.21. The molecule has 3 heteroatoms. The van der Waals surface area contributed by atoms with E-state index in [1.165, 1.54) is 32.1 Å². The van der Waals surface area contributed by atoms with Crippen molar-refractivity contribution in [2.24, 2.45) is 11.1 Å². The van der Waals surface area contributed by atoms with Crippen LogP contribution in [0.2, 0.25) is 0 Å². The Hall–Kier alpha value is -0.860. The van der Waals surface area contributed by atoms with Crippen molar-refractivity contribution in [3.63, 3.8) is 0 Å². The minimum atomic E-state index is 0.0212. The maximum Gasteiger partial charge on any atom is 0.183 e. The van der Waals surface area contributed by atoms with E-state index in [1.807, 2.05) is 0 Å². The van der Waals surface area contributed by atoms with E-state index in [-0.39, 0.29) is 17.4 Å². The van der Waals surface area contributed by atoms with Gasteiger partial charge in [-0.05, 0) is 19.8 Å². The fourth-order valence-corrected chi connectivity index (χ4v) is 2.27. The number of nitrogens with zero attached hydrogens (tertiary/aromatic N) is 1. The fraction of sp³-hybridized carbons (Fsp3) is 0.867. The van der Waals surface area contributed by atoms with Gasteiger partial charge in [-0.1, -0.05) is 63.9 Å². The molecule has 18 heavy (non-hydrogen) atoms. The summed E-state index contributed by atoms with van der Waals surface area (Å²) >= 11 is 0. The molecule has 0 aromatic heterocycles. The zero-order valence-electron chi connectivity index (χ0n) is 12.2. The summed E-state index contributed by atoms with van der Waals surface area (Å²) < 4.78 is 0. The monoisotopic (exact) mass is 255 g/mol. The predicted octanol–water partition coefficient (Wildman–Crippen LogP) is 4.57. The highest BCUT2D eigenvalue weighted by atomic mass is 16.4. The van der Waals surface area contributed by atoms with Crippen LogP contribution >= 0.6 is 0 Å². The summed E-state index contributed by atoms with van der Waals surface area (Å²) in [4.78, 5) is 11.9. The number of carbonyl (C=O) groups excluding carboxylic acids is 1. The van der Waals surface area contributed by atoms with Crippen LogP contribution in [0.5, 0.6) is 0 Å². The molecule has 0 saturated heterocycles. The average Bonchev–Trinajstić information content (AvgIpc) is 2.39. The zero-order chi connectivity index (χ0) is 13.8. The molecule has 0 aromatic carbocycles. The Balaban J connectivity index is 3.94. The van der Waals surface area contributed by atoms with Crippen LogP contribution in [-0.2, 0) is 4.79 Å². The van der Waals surface area contributed by atoms with Crippen LogP contribution in [0.4, 0.5) is 0 Å². The van der Waals surface area contributed by atoms with Gasteiger partial charge in [0.2, 0.25) is 0 Å². The van der Waals surface area contributed by atoms with Gasteiger partial charge in [-0.15, -0.1) is 0 Å². The maximum atomic E-state index is 11.9. The van der Waals surface area contributed by atoms with Gasteiger partial charge in [-0.3, -0.25) is 4.79 Å². The number of ketones is 1. The van der Waals surface area contributed by atoms with Crippen LogP contribution in [0.15, 0.2) is 5.16 Å². The third-order valence-corrected chi connectivity index (χ3v) is 3.42. The van der Waals surface area contributed by atoms with Gasteiger partial charge in [0.05, 0.1) is 0 Å². The molecule has 0 amide bonds. The predicted molar refractivity (Wildman–Crippen MR) is 76.3 cm³/mol. The molecule has 0 rings (SSSR count). The lowest BCUT2D eigenvalue weighted by atomic mass is 9.90. The van der Waals surface area contributed by atoms with Crippen LogP contribution < -0.4 is 0 Å². The number of hydrogen-bond acceptors (Lipinski definition) is 3. The molecular formula is C15H29NO2. The summed E-state index contributed by atoms with van der Waals surface area (Å²) in [5, 5.41) is 11.7. The van der Waals surface area contributed by atoms with Crippen LogP contribution in [0.1, 0.15) is 78.6 Å². The highest BCUT2D eigenvalue weighted by molar-refractivity contribution is 6.39. The standard InChI is InChI=1S/C15H29NO2/c1-4-6-7-8-9-10-12-14(11-5-2)15(17)13(3)16-18/h14,18H,4-12H2,1-3H3. The van der Waals surface area contributed by atoms with Crippen LogP contribution in [-0.4, -0.2) is 16.7 Å². The van der Waals surface area contributed by atoms with Crippen LogP contribution in [0, 0.1) is 5.92 Å². The second kappa shape index (κ2) is 11.2. The maximum absolute atomic E-state index is 11.9. The molecule has 3 nitrogen and oxygen atoms in total. The van der Waals surface area contributed by atoms with Crippen molar-refractivity contribution in [2.75, 3.05) is 0 Å². The number of unbranched alkanes of at least 4 members (excludes halogenated alkanes) is 5. The lowest BCUT2D eigenvalue weighted by molar-refractivity contribution is -0.117. The number of rotatable bonds is 11. The summed E-state index contributed by atoms with van der Waals surface area (Å²) in [6.07, 6.45) is 10.3. The molecule has 0 aliphatic carbocycles. The summed E-state index contributed by atoms with van der Waals surface area (Å²) in [5.74, 6) is 0.0741. The van der Waals surface area contributed by atoms with Crippen molar-refractivity contribution < 1.29 is 10.0 Å². The van der Waals surface area contributed by atoms with Crippen molar-refractivity contribution >= 4 is 11.5 Å². The molecule has 1 atom stereocenters. The summed E-state index contributed by atoms with van der Waals surface area (Å²) in [7, 11) is 0. The Morgan fingerprint density at radius 2 is 1.61 bits per heavy atom. The summed E-state index contributed by atoms with van der Waals surface area (Å²) in [6.45, 7) is 5.89. The summed E-state index contributed by atoms with van der Waals surface area (Å²) in [5.41, 5.74) is 0.249. The molecule has 0 aliphatic rings. The smallest absolute Gasteiger partial charge is 0.183 e. The van der Waals surface area contributed by atoms with Crippen molar-refractivity contribution in [2.45, 2.75) is 78.6 Å². The van der Waals surface area contributed by atoms with E-state index in [2.05, 4.69) is 19.0 Å². The molecule has 0 fully saturated rings.